The Morgan fingerprint density at radius 1 is 1.26 bits per heavy atom. The van der Waals surface area contributed by atoms with Gasteiger partial charge in [0.1, 0.15) is 0 Å². The summed E-state index contributed by atoms with van der Waals surface area (Å²) in [6.45, 7) is 4.25. The van der Waals surface area contributed by atoms with E-state index in [1.54, 1.807) is 6.42 Å². The van der Waals surface area contributed by atoms with Crippen molar-refractivity contribution in [2.24, 2.45) is 5.92 Å². The third kappa shape index (κ3) is 10.3. The topological polar surface area (TPSA) is 50.6 Å². The second-order valence-electron chi connectivity index (χ2n) is 4.95. The quantitative estimate of drug-likeness (QED) is 0.548. The van der Waals surface area contributed by atoms with Crippen LogP contribution in [-0.2, 0) is 43.9 Å². The van der Waals surface area contributed by atoms with E-state index in [2.05, 4.69) is 13.8 Å². The van der Waals surface area contributed by atoms with E-state index in [0.29, 0.717) is 18.8 Å². The van der Waals surface area contributed by atoms with Crippen LogP contribution in [0.4, 0.5) is 0 Å². The standard InChI is InChI=1S/C15H20BO.H2N.Y/c1-12(2)10-14(16)11-15(17)9-8-13-6-4-3-5-7-13;;/h3-7,9,12,14H,8,10-11H2,1-2H3;1H2;/q2*-1;. The Kier molecular flexibility index (Phi) is 13.0. The van der Waals surface area contributed by atoms with Crippen molar-refractivity contribution in [1.29, 1.82) is 0 Å². The van der Waals surface area contributed by atoms with Gasteiger partial charge >= 0.3 is 0 Å². The monoisotopic (exact) mass is 332 g/mol. The van der Waals surface area contributed by atoms with E-state index in [0.717, 1.165) is 6.42 Å². The fraction of sp³-hybridized carbons (Fsp3) is 0.467. The summed E-state index contributed by atoms with van der Waals surface area (Å²) in [4.78, 5) is 11.7. The first-order valence-electron chi connectivity index (χ1n) is 6.23. The van der Waals surface area contributed by atoms with Crippen LogP contribution in [0.15, 0.2) is 30.3 Å². The number of ketones is 1. The van der Waals surface area contributed by atoms with Crippen LogP contribution in [0.1, 0.15) is 32.3 Å². The Morgan fingerprint density at radius 2 is 1.84 bits per heavy atom. The molecule has 1 unspecified atom stereocenters. The molecule has 2 N–H and O–H groups in total. The number of carbonyl (C=O) groups is 1. The Labute approximate surface area is 144 Å². The number of carbonyl (C=O) groups excluding carboxylic acids is 1. The second-order valence-corrected chi connectivity index (χ2v) is 4.95. The van der Waals surface area contributed by atoms with Gasteiger partial charge in [0, 0.05) is 32.7 Å². The molecule has 1 rings (SSSR count). The summed E-state index contributed by atoms with van der Waals surface area (Å²) >= 11 is 0. The molecule has 101 valence electrons. The van der Waals surface area contributed by atoms with E-state index in [1.165, 1.54) is 5.56 Å². The minimum absolute atomic E-state index is 0. The van der Waals surface area contributed by atoms with Crippen LogP contribution in [0.25, 0.3) is 6.15 Å². The van der Waals surface area contributed by atoms with Crippen molar-refractivity contribution < 1.29 is 37.5 Å². The van der Waals surface area contributed by atoms with Crippen LogP contribution >= 0.6 is 0 Å². The molecule has 0 aromatic heterocycles. The molecule has 3 radical (unpaired) electrons. The number of Topliss-reactive ketones (excluding diaryl/α,β-unsaturated/α-hetero) is 1. The Balaban J connectivity index is 0. The van der Waals surface area contributed by atoms with Crippen molar-refractivity contribution in [3.05, 3.63) is 48.5 Å². The number of nitrogens with two attached hydrogens (primary N) is 1. The molecule has 2 nitrogen and oxygen atoms in total. The molecule has 0 aliphatic rings. The average Bonchev–Trinajstić information content (AvgIpc) is 2.26. The van der Waals surface area contributed by atoms with E-state index in [4.69, 9.17) is 7.85 Å². The summed E-state index contributed by atoms with van der Waals surface area (Å²) in [7, 11) is 5.90. The Hall–Kier alpha value is -0.111. The van der Waals surface area contributed by atoms with Crippen LogP contribution in [0, 0.1) is 12.3 Å². The average molecular weight is 332 g/mol. The first-order chi connectivity index (χ1) is 8.08. The largest absolute Gasteiger partial charge is 0.693 e. The fourth-order valence-corrected chi connectivity index (χ4v) is 1.88. The summed E-state index contributed by atoms with van der Waals surface area (Å²) in [5, 5.41) is 0. The van der Waals surface area contributed by atoms with Gasteiger partial charge in [-0.2, -0.15) is 0 Å². The van der Waals surface area contributed by atoms with Gasteiger partial charge < -0.3 is 17.4 Å². The molecular weight excluding hydrogens is 310 g/mol. The van der Waals surface area contributed by atoms with E-state index >= 15 is 0 Å². The van der Waals surface area contributed by atoms with Crippen molar-refractivity contribution in [3.63, 3.8) is 0 Å². The summed E-state index contributed by atoms with van der Waals surface area (Å²) in [6, 6.07) is 10.00. The molecule has 0 saturated heterocycles. The van der Waals surface area contributed by atoms with Crippen molar-refractivity contribution in [3.8, 4) is 0 Å². The third-order valence-electron chi connectivity index (χ3n) is 2.65. The van der Waals surface area contributed by atoms with Crippen LogP contribution < -0.4 is 0 Å². The number of benzene rings is 1. The molecule has 0 aliphatic heterocycles. The number of hydrogen-bond donors (Lipinski definition) is 0. The van der Waals surface area contributed by atoms with Crippen molar-refractivity contribution in [1.82, 2.24) is 0 Å². The molecule has 19 heavy (non-hydrogen) atoms. The fourth-order valence-electron chi connectivity index (χ4n) is 1.88. The van der Waals surface area contributed by atoms with Gasteiger partial charge in [-0.25, -0.2) is 0 Å². The summed E-state index contributed by atoms with van der Waals surface area (Å²) in [5.74, 6) is 0.698. The van der Waals surface area contributed by atoms with Crippen LogP contribution in [-0.4, -0.2) is 13.6 Å². The Bertz CT molecular complexity index is 343. The Morgan fingerprint density at radius 3 is 2.37 bits per heavy atom. The minimum Gasteiger partial charge on any atom is -0.693 e. The first-order valence-corrected chi connectivity index (χ1v) is 6.23. The van der Waals surface area contributed by atoms with Gasteiger partial charge in [-0.05, 0) is 18.1 Å². The maximum Gasteiger partial charge on any atom is 0.0704 e. The zero-order valence-electron chi connectivity index (χ0n) is 11.9. The van der Waals surface area contributed by atoms with Crippen LogP contribution in [0.2, 0.25) is 5.82 Å². The van der Waals surface area contributed by atoms with Crippen molar-refractivity contribution in [2.75, 3.05) is 0 Å². The van der Waals surface area contributed by atoms with E-state index in [9.17, 15) is 4.79 Å². The first kappa shape index (κ1) is 21.2. The zero-order valence-corrected chi connectivity index (χ0v) is 14.7. The van der Waals surface area contributed by atoms with Crippen molar-refractivity contribution >= 4 is 13.6 Å². The maximum atomic E-state index is 11.7. The number of rotatable bonds is 7. The maximum absolute atomic E-state index is 11.7. The van der Waals surface area contributed by atoms with Gasteiger partial charge in [-0.15, -0.1) is 6.42 Å². The SMILES string of the molecule is [B]C(CC(=O)[CH-]Cc1ccccc1)CC(C)C.[NH2-].[Y]. The predicted molar refractivity (Wildman–Crippen MR) is 78.3 cm³/mol. The van der Waals surface area contributed by atoms with Gasteiger partial charge in [0.05, 0.1) is 7.85 Å². The minimum atomic E-state index is -0.00507. The van der Waals surface area contributed by atoms with E-state index in [-0.39, 0.29) is 50.5 Å². The molecule has 1 aromatic rings. The third-order valence-corrected chi connectivity index (χ3v) is 2.65. The predicted octanol–water partition coefficient (Wildman–Crippen LogP) is 4.11. The molecule has 0 aliphatic carbocycles. The van der Waals surface area contributed by atoms with Gasteiger partial charge in [-0.1, -0.05) is 62.0 Å². The molecule has 0 fully saturated rings. The normalized spacial score (nSPS) is 11.1. The summed E-state index contributed by atoms with van der Waals surface area (Å²) < 4.78 is 0. The smallest absolute Gasteiger partial charge is 0.0704 e. The molecule has 0 heterocycles. The molecular formula is C15H22BNOY-2. The van der Waals surface area contributed by atoms with Gasteiger partial charge in [0.25, 0.3) is 0 Å². The summed E-state index contributed by atoms with van der Waals surface area (Å²) in [6.07, 6.45) is 3.82. The molecule has 0 amide bonds. The molecule has 0 bridgehead atoms. The summed E-state index contributed by atoms with van der Waals surface area (Å²) in [5.41, 5.74) is 1.17. The van der Waals surface area contributed by atoms with Gasteiger partial charge in [0.2, 0.25) is 0 Å². The molecule has 0 spiro atoms. The van der Waals surface area contributed by atoms with Crippen LogP contribution in [0.5, 0.6) is 0 Å². The van der Waals surface area contributed by atoms with E-state index < -0.39 is 0 Å². The van der Waals surface area contributed by atoms with Gasteiger partial charge in [0.15, 0.2) is 0 Å². The molecule has 0 saturated carbocycles. The molecule has 1 atom stereocenters. The number of hydrogen-bond acceptors (Lipinski definition) is 1. The van der Waals surface area contributed by atoms with Crippen molar-refractivity contribution in [2.45, 2.75) is 38.9 Å². The van der Waals surface area contributed by atoms with Crippen LogP contribution in [0.3, 0.4) is 0 Å². The molecule has 1 aromatic carbocycles. The molecule has 4 heteroatoms. The zero-order chi connectivity index (χ0) is 12.7. The van der Waals surface area contributed by atoms with E-state index in [1.807, 2.05) is 30.3 Å². The second kappa shape index (κ2) is 11.7. The van der Waals surface area contributed by atoms with Gasteiger partial charge in [-0.3, -0.25) is 0 Å².